The van der Waals surface area contributed by atoms with E-state index in [4.69, 9.17) is 9.47 Å². The minimum Gasteiger partial charge on any atom is -0.383 e. The van der Waals surface area contributed by atoms with Crippen LogP contribution in [0, 0.1) is 11.3 Å². The Morgan fingerprint density at radius 3 is 3.08 bits per heavy atom. The molecule has 1 spiro atoms. The summed E-state index contributed by atoms with van der Waals surface area (Å²) in [5.74, 6) is 0.481. The fourth-order valence-corrected chi connectivity index (χ4v) is 3.81. The second-order valence-corrected chi connectivity index (χ2v) is 6.99. The van der Waals surface area contributed by atoms with E-state index in [2.05, 4.69) is 16.8 Å². The van der Waals surface area contributed by atoms with E-state index in [1.807, 2.05) is 17.0 Å². The molecule has 0 aliphatic carbocycles. The van der Waals surface area contributed by atoms with Gasteiger partial charge in [0.2, 0.25) is 0 Å². The molecule has 2 fully saturated rings. The van der Waals surface area contributed by atoms with E-state index in [0.717, 1.165) is 32.8 Å². The largest absolute Gasteiger partial charge is 0.383 e. The molecule has 132 valence electrons. The highest BCUT2D eigenvalue weighted by molar-refractivity contribution is 5.92. The summed E-state index contributed by atoms with van der Waals surface area (Å²) in [4.78, 5) is 21.4. The maximum Gasteiger partial charge on any atom is 0.272 e. The fourth-order valence-electron chi connectivity index (χ4n) is 3.81. The maximum absolute atomic E-state index is 12.8. The van der Waals surface area contributed by atoms with E-state index in [1.165, 1.54) is 0 Å². The number of amides is 1. The topological polar surface area (TPSA) is 54.9 Å². The average Bonchev–Trinajstić information content (AvgIpc) is 2.77. The third kappa shape index (κ3) is 3.61. The summed E-state index contributed by atoms with van der Waals surface area (Å²) in [7, 11) is 1.73. The molecule has 6 nitrogen and oxygen atoms in total. The molecule has 0 bridgehead atoms. The zero-order chi connectivity index (χ0) is 17.0. The minimum absolute atomic E-state index is 0.00279. The second kappa shape index (κ2) is 7.59. The Morgan fingerprint density at radius 2 is 2.33 bits per heavy atom. The number of hydrogen-bond donors (Lipinski definition) is 0. The fraction of sp³-hybridized carbons (Fsp3) is 0.667. The van der Waals surface area contributed by atoms with Crippen LogP contribution in [0.15, 0.2) is 24.4 Å². The van der Waals surface area contributed by atoms with Crippen molar-refractivity contribution >= 4 is 5.91 Å². The van der Waals surface area contributed by atoms with Crippen LogP contribution in [0.4, 0.5) is 0 Å². The van der Waals surface area contributed by atoms with Crippen molar-refractivity contribution in [2.75, 3.05) is 59.7 Å². The summed E-state index contributed by atoms with van der Waals surface area (Å²) in [6.45, 7) is 8.56. The standard InChI is InChI=1S/C18H27N3O3/c1-15-11-20(7-9-23-2)12-18(15)13-21(8-10-24-14-18)17(22)16-5-3-4-6-19-16/h3-6,15H,7-14H2,1-2H3/t15-,18+/m0/s1. The lowest BCUT2D eigenvalue weighted by Gasteiger charge is -2.35. The van der Waals surface area contributed by atoms with Crippen LogP contribution < -0.4 is 0 Å². The molecule has 0 unspecified atom stereocenters. The van der Waals surface area contributed by atoms with E-state index < -0.39 is 0 Å². The molecule has 3 rings (SSSR count). The monoisotopic (exact) mass is 333 g/mol. The molecule has 3 heterocycles. The third-order valence-corrected chi connectivity index (χ3v) is 5.30. The summed E-state index contributed by atoms with van der Waals surface area (Å²) in [6, 6.07) is 5.47. The number of carbonyl (C=O) groups excluding carboxylic acids is 1. The number of methoxy groups -OCH3 is 1. The molecule has 1 aromatic rings. The van der Waals surface area contributed by atoms with E-state index in [0.29, 0.717) is 31.4 Å². The van der Waals surface area contributed by atoms with E-state index >= 15 is 0 Å². The van der Waals surface area contributed by atoms with Gasteiger partial charge in [0.15, 0.2) is 0 Å². The Balaban J connectivity index is 1.74. The average molecular weight is 333 g/mol. The third-order valence-electron chi connectivity index (χ3n) is 5.30. The zero-order valence-electron chi connectivity index (χ0n) is 14.6. The van der Waals surface area contributed by atoms with Gasteiger partial charge in [-0.1, -0.05) is 13.0 Å². The number of likely N-dealkylation sites (tertiary alicyclic amines) is 1. The van der Waals surface area contributed by atoms with Crippen LogP contribution in [0.1, 0.15) is 17.4 Å². The number of rotatable bonds is 4. The Bertz CT molecular complexity index is 554. The van der Waals surface area contributed by atoms with E-state index in [-0.39, 0.29) is 11.3 Å². The van der Waals surface area contributed by atoms with Crippen LogP contribution in [0.25, 0.3) is 0 Å². The van der Waals surface area contributed by atoms with Crippen LogP contribution in [0.3, 0.4) is 0 Å². The molecule has 2 aliphatic rings. The van der Waals surface area contributed by atoms with Crippen molar-refractivity contribution in [1.82, 2.24) is 14.8 Å². The van der Waals surface area contributed by atoms with E-state index in [9.17, 15) is 4.79 Å². The number of hydrogen-bond acceptors (Lipinski definition) is 5. The predicted molar refractivity (Wildman–Crippen MR) is 90.9 cm³/mol. The first kappa shape index (κ1) is 17.3. The Morgan fingerprint density at radius 1 is 1.46 bits per heavy atom. The van der Waals surface area contributed by atoms with Gasteiger partial charge in [-0.05, 0) is 18.1 Å². The normalized spacial score (nSPS) is 28.2. The Labute approximate surface area is 143 Å². The lowest BCUT2D eigenvalue weighted by molar-refractivity contribution is 0.0467. The lowest BCUT2D eigenvalue weighted by Crippen LogP contribution is -2.46. The van der Waals surface area contributed by atoms with Crippen molar-refractivity contribution < 1.29 is 14.3 Å². The van der Waals surface area contributed by atoms with Gasteiger partial charge >= 0.3 is 0 Å². The molecule has 2 saturated heterocycles. The smallest absolute Gasteiger partial charge is 0.272 e. The van der Waals surface area contributed by atoms with Gasteiger partial charge < -0.3 is 19.3 Å². The molecule has 0 saturated carbocycles. The Hall–Kier alpha value is -1.50. The summed E-state index contributed by atoms with van der Waals surface area (Å²) < 4.78 is 11.1. The van der Waals surface area contributed by atoms with Crippen molar-refractivity contribution in [3.63, 3.8) is 0 Å². The summed E-state index contributed by atoms with van der Waals surface area (Å²) in [6.07, 6.45) is 1.67. The van der Waals surface area contributed by atoms with Crippen molar-refractivity contribution in [1.29, 1.82) is 0 Å². The van der Waals surface area contributed by atoms with Crippen LogP contribution in [0.5, 0.6) is 0 Å². The molecule has 24 heavy (non-hydrogen) atoms. The van der Waals surface area contributed by atoms with Gasteiger partial charge in [0.25, 0.3) is 5.91 Å². The summed E-state index contributed by atoms with van der Waals surface area (Å²) >= 11 is 0. The maximum atomic E-state index is 12.8. The van der Waals surface area contributed by atoms with Gasteiger partial charge in [-0.2, -0.15) is 0 Å². The molecule has 2 atom stereocenters. The molecule has 0 radical (unpaired) electrons. The number of ether oxygens (including phenoxy) is 2. The predicted octanol–water partition coefficient (Wildman–Crippen LogP) is 1.14. The van der Waals surface area contributed by atoms with Crippen molar-refractivity contribution in [3.8, 4) is 0 Å². The second-order valence-electron chi connectivity index (χ2n) is 6.99. The van der Waals surface area contributed by atoms with Gasteiger partial charge in [-0.3, -0.25) is 9.78 Å². The lowest BCUT2D eigenvalue weighted by atomic mass is 9.79. The van der Waals surface area contributed by atoms with Crippen LogP contribution in [-0.2, 0) is 9.47 Å². The first-order chi connectivity index (χ1) is 11.6. The van der Waals surface area contributed by atoms with Crippen LogP contribution >= 0.6 is 0 Å². The van der Waals surface area contributed by atoms with Gasteiger partial charge in [-0.25, -0.2) is 0 Å². The van der Waals surface area contributed by atoms with Crippen molar-refractivity contribution in [2.45, 2.75) is 6.92 Å². The molecule has 1 aromatic heterocycles. The minimum atomic E-state index is -0.00528. The number of nitrogens with zero attached hydrogens (tertiary/aromatic N) is 3. The van der Waals surface area contributed by atoms with Gasteiger partial charge in [0.1, 0.15) is 5.69 Å². The Kier molecular flexibility index (Phi) is 5.48. The molecule has 1 amide bonds. The number of aromatic nitrogens is 1. The molecular formula is C18H27N3O3. The highest BCUT2D eigenvalue weighted by Gasteiger charge is 2.47. The highest BCUT2D eigenvalue weighted by Crippen LogP contribution is 2.38. The molecular weight excluding hydrogens is 306 g/mol. The van der Waals surface area contributed by atoms with Crippen LogP contribution in [0.2, 0.25) is 0 Å². The SMILES string of the molecule is COCCN1C[C@H](C)[C@]2(COCCN(C(=O)c3ccccn3)C2)C1. The van der Waals surface area contributed by atoms with Crippen LogP contribution in [-0.4, -0.2) is 80.3 Å². The van der Waals surface area contributed by atoms with Crippen molar-refractivity contribution in [2.24, 2.45) is 11.3 Å². The summed E-state index contributed by atoms with van der Waals surface area (Å²) in [5, 5.41) is 0. The molecule has 6 heteroatoms. The van der Waals surface area contributed by atoms with Crippen molar-refractivity contribution in [3.05, 3.63) is 30.1 Å². The molecule has 0 N–H and O–H groups in total. The van der Waals surface area contributed by atoms with E-state index in [1.54, 1.807) is 19.4 Å². The first-order valence-electron chi connectivity index (χ1n) is 8.64. The highest BCUT2D eigenvalue weighted by atomic mass is 16.5. The molecule has 0 aromatic carbocycles. The first-order valence-corrected chi connectivity index (χ1v) is 8.64. The summed E-state index contributed by atoms with van der Waals surface area (Å²) in [5.41, 5.74) is 0.505. The number of carbonyl (C=O) groups is 1. The quantitative estimate of drug-likeness (QED) is 0.827. The number of pyridine rings is 1. The van der Waals surface area contributed by atoms with Gasteiger partial charge in [0.05, 0.1) is 19.8 Å². The molecule has 2 aliphatic heterocycles. The zero-order valence-corrected chi connectivity index (χ0v) is 14.6. The van der Waals surface area contributed by atoms with Gasteiger partial charge in [-0.15, -0.1) is 0 Å². The van der Waals surface area contributed by atoms with Gasteiger partial charge in [0, 0.05) is 51.4 Å².